The molecule has 1 saturated heterocycles. The van der Waals surface area contributed by atoms with Crippen molar-refractivity contribution in [1.82, 2.24) is 15.1 Å². The Morgan fingerprint density at radius 3 is 2.78 bits per heavy atom. The number of hydrogen-bond acceptors (Lipinski definition) is 6. The summed E-state index contributed by atoms with van der Waals surface area (Å²) in [5.74, 6) is 0. The Kier molecular flexibility index (Phi) is 4.89. The van der Waals surface area contributed by atoms with Crippen molar-refractivity contribution in [2.75, 3.05) is 12.8 Å². The topological polar surface area (TPSA) is 63.2 Å². The van der Waals surface area contributed by atoms with Crippen LogP contribution in [0.4, 0.5) is 0 Å². The van der Waals surface area contributed by atoms with Crippen molar-refractivity contribution in [3.63, 3.8) is 0 Å². The summed E-state index contributed by atoms with van der Waals surface area (Å²) in [5, 5.41) is 8.56. The Balaban J connectivity index is 1.67. The van der Waals surface area contributed by atoms with Crippen LogP contribution < -0.4 is 0 Å². The summed E-state index contributed by atoms with van der Waals surface area (Å²) in [6.07, 6.45) is 7.78. The van der Waals surface area contributed by atoms with E-state index >= 15 is 0 Å². The third-order valence-corrected chi connectivity index (χ3v) is 6.41. The van der Waals surface area contributed by atoms with E-state index in [0.29, 0.717) is 12.6 Å². The van der Waals surface area contributed by atoms with Crippen LogP contribution in [0.25, 0.3) is 6.08 Å². The molecule has 5 nitrogen and oxygen atoms in total. The highest BCUT2D eigenvalue weighted by molar-refractivity contribution is 7.92. The number of aromatic nitrogens is 2. The summed E-state index contributed by atoms with van der Waals surface area (Å²) in [6, 6.07) is 10.6. The van der Waals surface area contributed by atoms with Gasteiger partial charge in [0.05, 0.1) is 6.54 Å². The van der Waals surface area contributed by atoms with Gasteiger partial charge in [-0.15, -0.1) is 10.2 Å². The Morgan fingerprint density at radius 1 is 1.30 bits per heavy atom. The van der Waals surface area contributed by atoms with Crippen LogP contribution in [0.2, 0.25) is 0 Å². The molecule has 2 heterocycles. The van der Waals surface area contributed by atoms with Crippen LogP contribution in [-0.2, 0) is 16.4 Å². The number of nitrogens with zero attached hydrogens (tertiary/aromatic N) is 3. The fourth-order valence-corrected chi connectivity index (χ4v) is 4.36. The molecule has 0 aliphatic carbocycles. The van der Waals surface area contributed by atoms with Gasteiger partial charge in [-0.2, -0.15) is 0 Å². The van der Waals surface area contributed by atoms with E-state index in [-0.39, 0.29) is 4.34 Å². The molecule has 1 atom stereocenters. The van der Waals surface area contributed by atoms with Crippen LogP contribution in [-0.4, -0.2) is 42.4 Å². The van der Waals surface area contributed by atoms with E-state index in [9.17, 15) is 8.42 Å². The smallest absolute Gasteiger partial charge is 0.232 e. The van der Waals surface area contributed by atoms with Crippen molar-refractivity contribution < 1.29 is 8.42 Å². The molecule has 0 bridgehead atoms. The molecular formula is C16H19N3O2S2. The van der Waals surface area contributed by atoms with Crippen LogP contribution in [0.3, 0.4) is 0 Å². The quantitative estimate of drug-likeness (QED) is 0.830. The maximum Gasteiger partial charge on any atom is 0.232 e. The van der Waals surface area contributed by atoms with E-state index < -0.39 is 9.84 Å². The van der Waals surface area contributed by atoms with Gasteiger partial charge in [-0.1, -0.05) is 53.8 Å². The zero-order chi connectivity index (χ0) is 16.3. The molecule has 1 fully saturated rings. The number of sulfone groups is 1. The molecule has 0 N–H and O–H groups in total. The highest BCUT2D eigenvalue weighted by Gasteiger charge is 2.24. The lowest BCUT2D eigenvalue weighted by Gasteiger charge is -2.20. The van der Waals surface area contributed by atoms with E-state index in [1.807, 2.05) is 18.2 Å². The van der Waals surface area contributed by atoms with Gasteiger partial charge in [-0.05, 0) is 24.9 Å². The van der Waals surface area contributed by atoms with Crippen molar-refractivity contribution in [3.8, 4) is 0 Å². The number of rotatable bonds is 5. The van der Waals surface area contributed by atoms with Gasteiger partial charge in [0.15, 0.2) is 0 Å². The Bertz CT molecular complexity index is 785. The third kappa shape index (κ3) is 4.25. The summed E-state index contributed by atoms with van der Waals surface area (Å²) in [4.78, 5) is 2.33. The van der Waals surface area contributed by atoms with Crippen molar-refractivity contribution in [3.05, 3.63) is 47.0 Å². The minimum atomic E-state index is -3.26. The number of benzene rings is 1. The second kappa shape index (κ2) is 6.90. The maximum absolute atomic E-state index is 11.5. The molecule has 1 aromatic carbocycles. The second-order valence-corrected chi connectivity index (χ2v) is 8.94. The van der Waals surface area contributed by atoms with Gasteiger partial charge in [-0.3, -0.25) is 4.90 Å². The number of hydrogen-bond donors (Lipinski definition) is 0. The average molecular weight is 349 g/mol. The van der Waals surface area contributed by atoms with Gasteiger partial charge >= 0.3 is 0 Å². The van der Waals surface area contributed by atoms with E-state index in [1.165, 1.54) is 23.2 Å². The molecule has 3 rings (SSSR count). The van der Waals surface area contributed by atoms with Gasteiger partial charge < -0.3 is 0 Å². The summed E-state index contributed by atoms with van der Waals surface area (Å²) in [5.41, 5.74) is 1.19. The zero-order valence-corrected chi connectivity index (χ0v) is 14.6. The molecule has 23 heavy (non-hydrogen) atoms. The number of likely N-dealkylation sites (tertiary alicyclic amines) is 1. The normalized spacial score (nSPS) is 19.6. The van der Waals surface area contributed by atoms with Crippen molar-refractivity contribution >= 4 is 27.3 Å². The standard InChI is InChI=1S/C16H19N3O2S2/c1-23(20,21)16-18-17-15(22-16)12-19-11-5-8-14(19)10-9-13-6-3-2-4-7-13/h2-4,6-7,9-10,14H,5,8,11-12H2,1H3. The highest BCUT2D eigenvalue weighted by Crippen LogP contribution is 2.24. The minimum absolute atomic E-state index is 0.100. The molecule has 0 radical (unpaired) electrons. The fourth-order valence-electron chi connectivity index (χ4n) is 2.68. The van der Waals surface area contributed by atoms with Gasteiger partial charge in [0, 0.05) is 12.3 Å². The van der Waals surface area contributed by atoms with Crippen LogP contribution in [0, 0.1) is 0 Å². The second-order valence-electron chi connectivity index (χ2n) is 5.68. The maximum atomic E-state index is 11.5. The van der Waals surface area contributed by atoms with Crippen molar-refractivity contribution in [2.24, 2.45) is 0 Å². The SMILES string of the molecule is CS(=O)(=O)c1nnc(CN2CCCC2C=Cc2ccccc2)s1. The first-order chi connectivity index (χ1) is 11.0. The van der Waals surface area contributed by atoms with Crippen LogP contribution in [0.15, 0.2) is 40.7 Å². The molecule has 0 amide bonds. The highest BCUT2D eigenvalue weighted by atomic mass is 32.2. The van der Waals surface area contributed by atoms with Crippen LogP contribution in [0.5, 0.6) is 0 Å². The predicted molar refractivity (Wildman–Crippen MR) is 91.9 cm³/mol. The van der Waals surface area contributed by atoms with Gasteiger partial charge in [-0.25, -0.2) is 8.42 Å². The van der Waals surface area contributed by atoms with Gasteiger partial charge in [0.2, 0.25) is 14.2 Å². The molecule has 0 saturated carbocycles. The molecule has 7 heteroatoms. The molecule has 1 aromatic heterocycles. The van der Waals surface area contributed by atoms with Crippen LogP contribution in [0.1, 0.15) is 23.4 Å². The Morgan fingerprint density at radius 2 is 2.09 bits per heavy atom. The molecule has 122 valence electrons. The van der Waals surface area contributed by atoms with E-state index in [0.717, 1.165) is 24.4 Å². The third-order valence-electron chi connectivity index (χ3n) is 3.83. The predicted octanol–water partition coefficient (Wildman–Crippen LogP) is 2.62. The Labute approximate surface area is 140 Å². The monoisotopic (exact) mass is 349 g/mol. The average Bonchev–Trinajstić information content (AvgIpc) is 3.16. The van der Waals surface area contributed by atoms with E-state index in [1.54, 1.807) is 0 Å². The van der Waals surface area contributed by atoms with Gasteiger partial charge in [0.25, 0.3) is 0 Å². The summed E-state index contributed by atoms with van der Waals surface area (Å²) < 4.78 is 23.1. The van der Waals surface area contributed by atoms with Crippen molar-refractivity contribution in [2.45, 2.75) is 29.8 Å². The largest absolute Gasteiger partial charge is 0.290 e. The van der Waals surface area contributed by atoms with Gasteiger partial charge in [0.1, 0.15) is 5.01 Å². The molecule has 2 aromatic rings. The Hall–Kier alpha value is -1.57. The lowest BCUT2D eigenvalue weighted by atomic mass is 10.1. The molecule has 0 spiro atoms. The summed E-state index contributed by atoms with van der Waals surface area (Å²) >= 11 is 1.17. The minimum Gasteiger partial charge on any atom is -0.290 e. The molecule has 1 aliphatic heterocycles. The van der Waals surface area contributed by atoms with Crippen molar-refractivity contribution in [1.29, 1.82) is 0 Å². The molecule has 1 aliphatic rings. The van der Waals surface area contributed by atoms with E-state index in [4.69, 9.17) is 0 Å². The zero-order valence-electron chi connectivity index (χ0n) is 12.9. The molecular weight excluding hydrogens is 330 g/mol. The first-order valence-electron chi connectivity index (χ1n) is 7.52. The van der Waals surface area contributed by atoms with Crippen LogP contribution >= 0.6 is 11.3 Å². The lowest BCUT2D eigenvalue weighted by Crippen LogP contribution is -2.27. The molecule has 1 unspecified atom stereocenters. The first-order valence-corrected chi connectivity index (χ1v) is 10.2. The summed E-state index contributed by atoms with van der Waals surface area (Å²) in [7, 11) is -3.26. The first kappa shape index (κ1) is 16.3. The summed E-state index contributed by atoms with van der Waals surface area (Å²) in [6.45, 7) is 1.65. The lowest BCUT2D eigenvalue weighted by molar-refractivity contribution is 0.281. The van der Waals surface area contributed by atoms with E-state index in [2.05, 4.69) is 39.4 Å². The fraction of sp³-hybridized carbons (Fsp3) is 0.375.